The van der Waals surface area contributed by atoms with Gasteiger partial charge >= 0.3 is 0 Å². The van der Waals surface area contributed by atoms with Crippen LogP contribution in [0.4, 0.5) is 0 Å². The van der Waals surface area contributed by atoms with Gasteiger partial charge in [-0.15, -0.1) is 0 Å². The molecule has 0 aliphatic carbocycles. The summed E-state index contributed by atoms with van der Waals surface area (Å²) in [6.07, 6.45) is 6.61. The van der Waals surface area contributed by atoms with Crippen LogP contribution in [0, 0.1) is 0 Å². The first-order chi connectivity index (χ1) is 9.85. The van der Waals surface area contributed by atoms with Crippen LogP contribution < -0.4 is 5.32 Å². The van der Waals surface area contributed by atoms with E-state index in [0.717, 1.165) is 32.1 Å². The quantitative estimate of drug-likeness (QED) is 0.764. The molecule has 0 aromatic heterocycles. The van der Waals surface area contributed by atoms with Crippen LogP contribution in [0.1, 0.15) is 50.7 Å². The summed E-state index contributed by atoms with van der Waals surface area (Å²) < 4.78 is 0. The zero-order chi connectivity index (χ0) is 14.2. The highest BCUT2D eigenvalue weighted by Gasteiger charge is 2.21. The highest BCUT2D eigenvalue weighted by atomic mass is 15.2. The fourth-order valence-electron chi connectivity index (χ4n) is 3.30. The lowest BCUT2D eigenvalue weighted by atomic mass is 9.97. The van der Waals surface area contributed by atoms with Crippen LogP contribution in [0.25, 0.3) is 0 Å². The second-order valence-corrected chi connectivity index (χ2v) is 5.90. The van der Waals surface area contributed by atoms with E-state index in [1.807, 2.05) is 0 Å². The Hall–Kier alpha value is -0.860. The van der Waals surface area contributed by atoms with E-state index in [4.69, 9.17) is 0 Å². The van der Waals surface area contributed by atoms with Crippen LogP contribution in [0.3, 0.4) is 0 Å². The number of nitrogens with one attached hydrogen (secondary N) is 1. The lowest BCUT2D eigenvalue weighted by molar-refractivity contribution is 0.136. The molecule has 0 saturated carbocycles. The maximum atomic E-state index is 3.43. The summed E-state index contributed by atoms with van der Waals surface area (Å²) in [5.74, 6) is 0. The van der Waals surface area contributed by atoms with E-state index in [1.165, 1.54) is 43.4 Å². The molecule has 1 aromatic rings. The van der Waals surface area contributed by atoms with Crippen molar-refractivity contribution >= 4 is 0 Å². The van der Waals surface area contributed by atoms with Gasteiger partial charge in [0.1, 0.15) is 0 Å². The molecule has 2 rings (SSSR count). The van der Waals surface area contributed by atoms with Crippen molar-refractivity contribution in [1.82, 2.24) is 10.2 Å². The molecule has 1 aliphatic rings. The third kappa shape index (κ3) is 4.32. The van der Waals surface area contributed by atoms with Crippen molar-refractivity contribution < 1.29 is 0 Å². The number of nitrogens with zero attached hydrogens (tertiary/aromatic N) is 1. The Morgan fingerprint density at radius 2 is 1.95 bits per heavy atom. The molecule has 0 radical (unpaired) electrons. The van der Waals surface area contributed by atoms with Crippen molar-refractivity contribution in [3.63, 3.8) is 0 Å². The molecule has 1 N–H and O–H groups in total. The average molecular weight is 274 g/mol. The second kappa shape index (κ2) is 8.43. The predicted octanol–water partition coefficient (Wildman–Crippen LogP) is 3.60. The molecule has 1 heterocycles. The third-order valence-corrected chi connectivity index (χ3v) is 4.53. The highest BCUT2D eigenvalue weighted by molar-refractivity contribution is 5.27. The van der Waals surface area contributed by atoms with Gasteiger partial charge in [0.25, 0.3) is 0 Å². The minimum Gasteiger partial charge on any atom is -0.317 e. The van der Waals surface area contributed by atoms with Crippen molar-refractivity contribution in [2.45, 2.75) is 58.5 Å². The number of likely N-dealkylation sites (tertiary alicyclic amines) is 1. The third-order valence-electron chi connectivity index (χ3n) is 4.53. The van der Waals surface area contributed by atoms with E-state index in [2.05, 4.69) is 48.3 Å². The standard InChI is InChI=1S/C18H30N2/c1-3-18-11-7-8-14-20(18)15-17-10-6-5-9-16(17)12-13-19-4-2/h5-6,9-10,18-19H,3-4,7-8,11-15H2,1-2H3. The normalized spacial score (nSPS) is 20.2. The first-order valence-electron chi connectivity index (χ1n) is 8.36. The molecule has 20 heavy (non-hydrogen) atoms. The van der Waals surface area contributed by atoms with Gasteiger partial charge in [0.05, 0.1) is 0 Å². The molecule has 2 nitrogen and oxygen atoms in total. The van der Waals surface area contributed by atoms with E-state index in [1.54, 1.807) is 0 Å². The molecule has 0 spiro atoms. The van der Waals surface area contributed by atoms with Crippen molar-refractivity contribution in [2.75, 3.05) is 19.6 Å². The summed E-state index contributed by atoms with van der Waals surface area (Å²) >= 11 is 0. The molecule has 2 heteroatoms. The number of rotatable bonds is 7. The summed E-state index contributed by atoms with van der Waals surface area (Å²) in [5, 5.41) is 3.43. The largest absolute Gasteiger partial charge is 0.317 e. The highest BCUT2D eigenvalue weighted by Crippen LogP contribution is 2.23. The maximum Gasteiger partial charge on any atom is 0.0239 e. The summed E-state index contributed by atoms with van der Waals surface area (Å²) in [6.45, 7) is 9.07. The van der Waals surface area contributed by atoms with Gasteiger partial charge in [-0.25, -0.2) is 0 Å². The van der Waals surface area contributed by atoms with Gasteiger partial charge in [-0.2, -0.15) is 0 Å². The molecule has 1 aliphatic heterocycles. The minimum atomic E-state index is 0.797. The lowest BCUT2D eigenvalue weighted by Crippen LogP contribution is -2.38. The first kappa shape index (κ1) is 15.5. The topological polar surface area (TPSA) is 15.3 Å². The Labute approximate surface area is 124 Å². The zero-order valence-electron chi connectivity index (χ0n) is 13.2. The summed E-state index contributed by atoms with van der Waals surface area (Å²) in [5.41, 5.74) is 3.06. The number of likely N-dealkylation sites (N-methyl/N-ethyl adjacent to an activating group) is 1. The first-order valence-corrected chi connectivity index (χ1v) is 8.36. The van der Waals surface area contributed by atoms with Gasteiger partial charge in [0, 0.05) is 12.6 Å². The van der Waals surface area contributed by atoms with Gasteiger partial charge < -0.3 is 5.32 Å². The molecule has 1 unspecified atom stereocenters. The number of piperidine rings is 1. The smallest absolute Gasteiger partial charge is 0.0239 e. The van der Waals surface area contributed by atoms with Gasteiger partial charge in [-0.05, 0) is 56.4 Å². The van der Waals surface area contributed by atoms with Crippen molar-refractivity contribution in [3.05, 3.63) is 35.4 Å². The Kier molecular flexibility index (Phi) is 6.55. The van der Waals surface area contributed by atoms with E-state index < -0.39 is 0 Å². The molecule has 1 atom stereocenters. The predicted molar refractivity (Wildman–Crippen MR) is 87.0 cm³/mol. The Morgan fingerprint density at radius 1 is 1.15 bits per heavy atom. The molecular formula is C18H30N2. The van der Waals surface area contributed by atoms with Crippen LogP contribution in [-0.4, -0.2) is 30.6 Å². The molecule has 0 bridgehead atoms. The number of benzene rings is 1. The SMILES string of the molecule is CCNCCc1ccccc1CN1CCCCC1CC. The van der Waals surface area contributed by atoms with Gasteiger partial charge in [0.15, 0.2) is 0 Å². The van der Waals surface area contributed by atoms with E-state index >= 15 is 0 Å². The van der Waals surface area contributed by atoms with E-state index in [0.29, 0.717) is 0 Å². The summed E-state index contributed by atoms with van der Waals surface area (Å²) in [6, 6.07) is 9.79. The van der Waals surface area contributed by atoms with Crippen molar-refractivity contribution in [3.8, 4) is 0 Å². The van der Waals surface area contributed by atoms with Crippen molar-refractivity contribution in [2.24, 2.45) is 0 Å². The van der Waals surface area contributed by atoms with Crippen LogP contribution in [0.5, 0.6) is 0 Å². The Bertz CT molecular complexity index is 389. The summed E-state index contributed by atoms with van der Waals surface area (Å²) in [7, 11) is 0. The summed E-state index contributed by atoms with van der Waals surface area (Å²) in [4.78, 5) is 2.70. The van der Waals surface area contributed by atoms with Gasteiger partial charge in [-0.1, -0.05) is 44.5 Å². The molecule has 1 saturated heterocycles. The zero-order valence-corrected chi connectivity index (χ0v) is 13.2. The van der Waals surface area contributed by atoms with Gasteiger partial charge in [-0.3, -0.25) is 4.90 Å². The fourth-order valence-corrected chi connectivity index (χ4v) is 3.30. The average Bonchev–Trinajstić information content (AvgIpc) is 2.50. The van der Waals surface area contributed by atoms with Crippen LogP contribution >= 0.6 is 0 Å². The number of hydrogen-bond donors (Lipinski definition) is 1. The second-order valence-electron chi connectivity index (χ2n) is 5.90. The van der Waals surface area contributed by atoms with Crippen LogP contribution in [0.15, 0.2) is 24.3 Å². The Morgan fingerprint density at radius 3 is 2.70 bits per heavy atom. The molecule has 0 amide bonds. The fraction of sp³-hybridized carbons (Fsp3) is 0.667. The maximum absolute atomic E-state index is 3.43. The van der Waals surface area contributed by atoms with E-state index in [9.17, 15) is 0 Å². The van der Waals surface area contributed by atoms with Crippen LogP contribution in [0.2, 0.25) is 0 Å². The van der Waals surface area contributed by atoms with Crippen molar-refractivity contribution in [1.29, 1.82) is 0 Å². The molecule has 112 valence electrons. The minimum absolute atomic E-state index is 0.797. The van der Waals surface area contributed by atoms with E-state index in [-0.39, 0.29) is 0 Å². The molecular weight excluding hydrogens is 244 g/mol. The van der Waals surface area contributed by atoms with Gasteiger partial charge in [0.2, 0.25) is 0 Å². The van der Waals surface area contributed by atoms with Crippen LogP contribution in [-0.2, 0) is 13.0 Å². The molecule has 1 fully saturated rings. The molecule has 1 aromatic carbocycles. The Balaban J connectivity index is 2.00. The lowest BCUT2D eigenvalue weighted by Gasteiger charge is -2.35. The number of hydrogen-bond acceptors (Lipinski definition) is 2. The monoisotopic (exact) mass is 274 g/mol.